The number of hydrogen-bond acceptors (Lipinski definition) is 3. The first-order valence-electron chi connectivity index (χ1n) is 4.81. The Bertz CT molecular complexity index is 345. The summed E-state index contributed by atoms with van der Waals surface area (Å²) < 4.78 is 10.2. The van der Waals surface area contributed by atoms with Crippen molar-refractivity contribution in [2.45, 2.75) is 20.0 Å². The van der Waals surface area contributed by atoms with Gasteiger partial charge in [0, 0.05) is 13.5 Å². The van der Waals surface area contributed by atoms with E-state index in [9.17, 15) is 4.79 Å². The summed E-state index contributed by atoms with van der Waals surface area (Å²) in [4.78, 5) is 11.1. The molecule has 0 bridgehead atoms. The van der Waals surface area contributed by atoms with Crippen LogP contribution in [0.2, 0.25) is 0 Å². The zero-order valence-corrected chi connectivity index (χ0v) is 9.37. The molecule has 0 radical (unpaired) electrons. The molecular formula is C12H16O3. The standard InChI is InChI=1S/C12H16O3/c1-9(13)6-11-7-12(15-3)5-4-10(11)8-14-2/h4-5,7H,6,8H2,1-3H3. The lowest BCUT2D eigenvalue weighted by molar-refractivity contribution is -0.116. The molecule has 0 saturated carbocycles. The quantitative estimate of drug-likeness (QED) is 0.742. The summed E-state index contributed by atoms with van der Waals surface area (Å²) in [6.45, 7) is 2.10. The number of methoxy groups -OCH3 is 2. The average Bonchev–Trinajstić information content (AvgIpc) is 2.20. The van der Waals surface area contributed by atoms with Gasteiger partial charge < -0.3 is 9.47 Å². The first-order valence-corrected chi connectivity index (χ1v) is 4.81. The van der Waals surface area contributed by atoms with E-state index in [1.807, 2.05) is 18.2 Å². The highest BCUT2D eigenvalue weighted by Crippen LogP contribution is 2.19. The molecule has 0 atom stereocenters. The molecule has 0 aliphatic rings. The number of carbonyl (C=O) groups excluding carboxylic acids is 1. The highest BCUT2D eigenvalue weighted by molar-refractivity contribution is 5.78. The van der Waals surface area contributed by atoms with Crippen molar-refractivity contribution in [2.24, 2.45) is 0 Å². The van der Waals surface area contributed by atoms with Crippen LogP contribution < -0.4 is 4.74 Å². The van der Waals surface area contributed by atoms with E-state index in [2.05, 4.69) is 0 Å². The van der Waals surface area contributed by atoms with E-state index < -0.39 is 0 Å². The van der Waals surface area contributed by atoms with Crippen LogP contribution in [0.25, 0.3) is 0 Å². The van der Waals surface area contributed by atoms with E-state index in [0.717, 1.165) is 16.9 Å². The number of ketones is 1. The molecule has 0 amide bonds. The van der Waals surface area contributed by atoms with E-state index in [1.54, 1.807) is 21.1 Å². The van der Waals surface area contributed by atoms with Crippen LogP contribution in [0.5, 0.6) is 5.75 Å². The van der Waals surface area contributed by atoms with Gasteiger partial charge in [-0.15, -0.1) is 0 Å². The lowest BCUT2D eigenvalue weighted by Gasteiger charge is -2.09. The van der Waals surface area contributed by atoms with Gasteiger partial charge in [-0.2, -0.15) is 0 Å². The summed E-state index contributed by atoms with van der Waals surface area (Å²) in [5.74, 6) is 0.909. The van der Waals surface area contributed by atoms with Gasteiger partial charge >= 0.3 is 0 Å². The molecule has 0 N–H and O–H groups in total. The van der Waals surface area contributed by atoms with Crippen LogP contribution in [-0.4, -0.2) is 20.0 Å². The second kappa shape index (κ2) is 5.51. The maximum absolute atomic E-state index is 11.1. The third-order valence-corrected chi connectivity index (χ3v) is 2.15. The van der Waals surface area contributed by atoms with Crippen molar-refractivity contribution in [1.29, 1.82) is 0 Å². The Hall–Kier alpha value is -1.35. The summed E-state index contributed by atoms with van der Waals surface area (Å²) in [5, 5.41) is 0. The first-order chi connectivity index (χ1) is 7.17. The topological polar surface area (TPSA) is 35.5 Å². The molecule has 3 heteroatoms. The lowest BCUT2D eigenvalue weighted by Crippen LogP contribution is -2.02. The summed E-state index contributed by atoms with van der Waals surface area (Å²) in [5.41, 5.74) is 2.01. The number of carbonyl (C=O) groups is 1. The van der Waals surface area contributed by atoms with Gasteiger partial charge in [-0.05, 0) is 30.2 Å². The Morgan fingerprint density at radius 3 is 2.53 bits per heavy atom. The van der Waals surface area contributed by atoms with Gasteiger partial charge in [0.15, 0.2) is 0 Å². The van der Waals surface area contributed by atoms with Gasteiger partial charge in [-0.25, -0.2) is 0 Å². The number of benzene rings is 1. The lowest BCUT2D eigenvalue weighted by atomic mass is 10.0. The van der Waals surface area contributed by atoms with Crippen molar-refractivity contribution in [3.05, 3.63) is 29.3 Å². The van der Waals surface area contributed by atoms with Gasteiger partial charge in [0.25, 0.3) is 0 Å². The van der Waals surface area contributed by atoms with Crippen LogP contribution in [0, 0.1) is 0 Å². The fourth-order valence-electron chi connectivity index (χ4n) is 1.46. The fraction of sp³-hybridized carbons (Fsp3) is 0.417. The van der Waals surface area contributed by atoms with E-state index in [4.69, 9.17) is 9.47 Å². The van der Waals surface area contributed by atoms with Crippen molar-refractivity contribution in [3.63, 3.8) is 0 Å². The molecule has 15 heavy (non-hydrogen) atoms. The van der Waals surface area contributed by atoms with Crippen LogP contribution in [-0.2, 0) is 22.6 Å². The molecule has 0 fully saturated rings. The van der Waals surface area contributed by atoms with Crippen LogP contribution in [0.3, 0.4) is 0 Å². The molecule has 1 aromatic rings. The minimum atomic E-state index is 0.139. The molecule has 0 saturated heterocycles. The molecule has 3 nitrogen and oxygen atoms in total. The predicted octanol–water partition coefficient (Wildman–Crippen LogP) is 1.97. The zero-order valence-electron chi connectivity index (χ0n) is 9.37. The second-order valence-corrected chi connectivity index (χ2v) is 3.45. The van der Waals surface area contributed by atoms with E-state index in [-0.39, 0.29) is 5.78 Å². The third kappa shape index (κ3) is 3.36. The SMILES string of the molecule is COCc1ccc(OC)cc1CC(C)=O. The molecule has 0 aliphatic carbocycles. The van der Waals surface area contributed by atoms with Crippen molar-refractivity contribution in [1.82, 2.24) is 0 Å². The van der Waals surface area contributed by atoms with Gasteiger partial charge in [-0.1, -0.05) is 6.07 Å². The van der Waals surface area contributed by atoms with E-state index in [1.165, 1.54) is 0 Å². The van der Waals surface area contributed by atoms with Gasteiger partial charge in [0.05, 0.1) is 13.7 Å². The Balaban J connectivity index is 2.98. The van der Waals surface area contributed by atoms with E-state index >= 15 is 0 Å². The van der Waals surface area contributed by atoms with Crippen LogP contribution >= 0.6 is 0 Å². The molecule has 0 aliphatic heterocycles. The molecule has 0 aromatic heterocycles. The van der Waals surface area contributed by atoms with Gasteiger partial charge in [-0.3, -0.25) is 4.79 Å². The van der Waals surface area contributed by atoms with Crippen molar-refractivity contribution in [3.8, 4) is 5.75 Å². The zero-order chi connectivity index (χ0) is 11.3. The smallest absolute Gasteiger partial charge is 0.134 e. The first kappa shape index (κ1) is 11.7. The number of hydrogen-bond donors (Lipinski definition) is 0. The van der Waals surface area contributed by atoms with E-state index in [0.29, 0.717) is 13.0 Å². The molecule has 0 heterocycles. The average molecular weight is 208 g/mol. The number of rotatable bonds is 5. The molecular weight excluding hydrogens is 192 g/mol. The molecule has 0 unspecified atom stereocenters. The highest BCUT2D eigenvalue weighted by Gasteiger charge is 2.06. The largest absolute Gasteiger partial charge is 0.497 e. The van der Waals surface area contributed by atoms with Crippen molar-refractivity contribution in [2.75, 3.05) is 14.2 Å². The predicted molar refractivity (Wildman–Crippen MR) is 58.1 cm³/mol. The third-order valence-electron chi connectivity index (χ3n) is 2.15. The molecule has 0 spiro atoms. The van der Waals surface area contributed by atoms with Crippen LogP contribution in [0.15, 0.2) is 18.2 Å². The molecule has 1 aromatic carbocycles. The highest BCUT2D eigenvalue weighted by atomic mass is 16.5. The minimum absolute atomic E-state index is 0.139. The maximum atomic E-state index is 11.1. The fourth-order valence-corrected chi connectivity index (χ4v) is 1.46. The van der Waals surface area contributed by atoms with Crippen molar-refractivity contribution < 1.29 is 14.3 Å². The number of ether oxygens (including phenoxy) is 2. The second-order valence-electron chi connectivity index (χ2n) is 3.45. The van der Waals surface area contributed by atoms with Gasteiger partial charge in [0.2, 0.25) is 0 Å². The van der Waals surface area contributed by atoms with Crippen LogP contribution in [0.1, 0.15) is 18.1 Å². The molecule has 82 valence electrons. The number of Topliss-reactive ketones (excluding diaryl/α,β-unsaturated/α-hetero) is 1. The Labute approximate surface area is 90.0 Å². The van der Waals surface area contributed by atoms with Gasteiger partial charge in [0.1, 0.15) is 11.5 Å². The summed E-state index contributed by atoms with van der Waals surface area (Å²) >= 11 is 0. The summed E-state index contributed by atoms with van der Waals surface area (Å²) in [7, 11) is 3.25. The normalized spacial score (nSPS) is 10.1. The summed E-state index contributed by atoms with van der Waals surface area (Å²) in [6, 6.07) is 5.69. The van der Waals surface area contributed by atoms with Crippen molar-refractivity contribution >= 4 is 5.78 Å². The maximum Gasteiger partial charge on any atom is 0.134 e. The Morgan fingerprint density at radius 2 is 2.00 bits per heavy atom. The summed E-state index contributed by atoms with van der Waals surface area (Å²) in [6.07, 6.45) is 0.426. The Kier molecular flexibility index (Phi) is 4.31. The Morgan fingerprint density at radius 1 is 1.27 bits per heavy atom. The van der Waals surface area contributed by atoms with Crippen LogP contribution in [0.4, 0.5) is 0 Å². The molecule has 1 rings (SSSR count). The minimum Gasteiger partial charge on any atom is -0.497 e. The monoisotopic (exact) mass is 208 g/mol.